The van der Waals surface area contributed by atoms with E-state index in [9.17, 15) is 4.79 Å². The molecule has 4 nitrogen and oxygen atoms in total. The lowest BCUT2D eigenvalue weighted by Crippen LogP contribution is -2.27. The summed E-state index contributed by atoms with van der Waals surface area (Å²) in [5.41, 5.74) is 1.15. The molecule has 2 rings (SSSR count). The average Bonchev–Trinajstić information content (AvgIpc) is 3.13. The van der Waals surface area contributed by atoms with Crippen LogP contribution >= 0.6 is 0 Å². The van der Waals surface area contributed by atoms with E-state index < -0.39 is 0 Å². The second kappa shape index (κ2) is 6.75. The molecule has 0 spiro atoms. The first kappa shape index (κ1) is 14.9. The Morgan fingerprint density at radius 3 is 2.45 bits per heavy atom. The van der Waals surface area contributed by atoms with Crippen molar-refractivity contribution >= 4 is 5.91 Å². The number of hydrogen-bond donors (Lipinski definition) is 0. The summed E-state index contributed by atoms with van der Waals surface area (Å²) in [7, 11) is 0. The summed E-state index contributed by atoms with van der Waals surface area (Å²) in [5.74, 6) is 1.41. The number of rotatable bonds is 6. The molecule has 2 heterocycles. The molecule has 110 valence electrons. The standard InChI is InChI=1S/C16H24N2O2/c1-4-14-13(12-17(5-2)6-3)11-15(20-14)16(19)18-9-7-8-10-18/h7-8,11H,4-6,9-10,12H2,1-3H3. The predicted molar refractivity (Wildman–Crippen MR) is 79.8 cm³/mol. The van der Waals surface area contributed by atoms with Crippen molar-refractivity contribution in [1.82, 2.24) is 9.80 Å². The SMILES string of the molecule is CCc1oc(C(=O)N2CC=CC2)cc1CN(CC)CC. The zero-order valence-electron chi connectivity index (χ0n) is 12.7. The van der Waals surface area contributed by atoms with Crippen LogP contribution in [0.4, 0.5) is 0 Å². The molecule has 0 radical (unpaired) electrons. The number of amides is 1. The van der Waals surface area contributed by atoms with Crippen LogP contribution in [0.1, 0.15) is 42.6 Å². The molecule has 0 atom stereocenters. The van der Waals surface area contributed by atoms with Gasteiger partial charge in [-0.3, -0.25) is 9.69 Å². The summed E-state index contributed by atoms with van der Waals surface area (Å²) in [6, 6.07) is 1.93. The van der Waals surface area contributed by atoms with Gasteiger partial charge in [-0.15, -0.1) is 0 Å². The molecule has 1 aliphatic rings. The van der Waals surface area contributed by atoms with E-state index in [1.54, 1.807) is 4.90 Å². The lowest BCUT2D eigenvalue weighted by molar-refractivity contribution is 0.0767. The minimum Gasteiger partial charge on any atom is -0.456 e. The molecule has 0 N–H and O–H groups in total. The summed E-state index contributed by atoms with van der Waals surface area (Å²) < 4.78 is 5.78. The van der Waals surface area contributed by atoms with Gasteiger partial charge in [-0.1, -0.05) is 32.9 Å². The van der Waals surface area contributed by atoms with Gasteiger partial charge in [0.25, 0.3) is 5.91 Å². The molecule has 0 aliphatic carbocycles. The van der Waals surface area contributed by atoms with Gasteiger partial charge in [-0.25, -0.2) is 0 Å². The van der Waals surface area contributed by atoms with Gasteiger partial charge in [-0.05, 0) is 19.2 Å². The van der Waals surface area contributed by atoms with Gasteiger partial charge in [-0.2, -0.15) is 0 Å². The van der Waals surface area contributed by atoms with Crippen LogP contribution in [-0.2, 0) is 13.0 Å². The Balaban J connectivity index is 2.15. The average molecular weight is 276 g/mol. The molecule has 20 heavy (non-hydrogen) atoms. The minimum absolute atomic E-state index is 0.00417. The molecule has 0 fully saturated rings. The number of furan rings is 1. The Morgan fingerprint density at radius 1 is 1.25 bits per heavy atom. The van der Waals surface area contributed by atoms with Crippen molar-refractivity contribution in [1.29, 1.82) is 0 Å². The topological polar surface area (TPSA) is 36.7 Å². The van der Waals surface area contributed by atoms with Gasteiger partial charge in [0, 0.05) is 31.6 Å². The first-order valence-corrected chi connectivity index (χ1v) is 7.47. The fourth-order valence-electron chi connectivity index (χ4n) is 2.49. The molecule has 1 aromatic rings. The van der Waals surface area contributed by atoms with E-state index >= 15 is 0 Å². The third kappa shape index (κ3) is 3.12. The summed E-state index contributed by atoms with van der Waals surface area (Å²) in [6.45, 7) is 10.6. The zero-order valence-corrected chi connectivity index (χ0v) is 12.7. The molecule has 1 aliphatic heterocycles. The van der Waals surface area contributed by atoms with Crippen LogP contribution in [0, 0.1) is 0 Å². The molecular formula is C16H24N2O2. The van der Waals surface area contributed by atoms with Gasteiger partial charge >= 0.3 is 0 Å². The quantitative estimate of drug-likeness (QED) is 0.750. The monoisotopic (exact) mass is 276 g/mol. The Kier molecular flexibility index (Phi) is 5.01. The lowest BCUT2D eigenvalue weighted by atomic mass is 10.2. The smallest absolute Gasteiger partial charge is 0.290 e. The molecule has 0 saturated heterocycles. The molecule has 1 amide bonds. The number of carbonyl (C=O) groups is 1. The van der Waals surface area contributed by atoms with Crippen molar-refractivity contribution < 1.29 is 9.21 Å². The molecule has 0 bridgehead atoms. The number of nitrogens with zero attached hydrogens (tertiary/aromatic N) is 2. The summed E-state index contributed by atoms with van der Waals surface area (Å²) in [4.78, 5) is 16.5. The van der Waals surface area contributed by atoms with Crippen molar-refractivity contribution in [3.05, 3.63) is 35.3 Å². The highest BCUT2D eigenvalue weighted by molar-refractivity contribution is 5.92. The fraction of sp³-hybridized carbons (Fsp3) is 0.562. The zero-order chi connectivity index (χ0) is 14.5. The Bertz CT molecular complexity index is 479. The molecule has 0 aromatic carbocycles. The van der Waals surface area contributed by atoms with Gasteiger partial charge < -0.3 is 9.32 Å². The second-order valence-corrected chi connectivity index (χ2v) is 5.06. The molecule has 0 unspecified atom stereocenters. The summed E-state index contributed by atoms with van der Waals surface area (Å²) in [5, 5.41) is 0. The van der Waals surface area contributed by atoms with Crippen LogP contribution in [0.5, 0.6) is 0 Å². The normalized spacial score (nSPS) is 14.5. The van der Waals surface area contributed by atoms with E-state index in [1.807, 2.05) is 18.2 Å². The van der Waals surface area contributed by atoms with E-state index in [-0.39, 0.29) is 5.91 Å². The molecule has 1 aromatic heterocycles. The first-order chi connectivity index (χ1) is 9.69. The van der Waals surface area contributed by atoms with E-state index in [0.29, 0.717) is 18.8 Å². The maximum atomic E-state index is 12.3. The number of aryl methyl sites for hydroxylation is 1. The maximum Gasteiger partial charge on any atom is 0.290 e. The minimum atomic E-state index is -0.00417. The highest BCUT2D eigenvalue weighted by Gasteiger charge is 2.22. The highest BCUT2D eigenvalue weighted by atomic mass is 16.4. The first-order valence-electron chi connectivity index (χ1n) is 7.47. The lowest BCUT2D eigenvalue weighted by Gasteiger charge is -2.17. The van der Waals surface area contributed by atoms with Crippen LogP contribution in [0.3, 0.4) is 0 Å². The third-order valence-electron chi connectivity index (χ3n) is 3.82. The summed E-state index contributed by atoms with van der Waals surface area (Å²) >= 11 is 0. The van der Waals surface area contributed by atoms with Crippen LogP contribution in [0.15, 0.2) is 22.6 Å². The van der Waals surface area contributed by atoms with Crippen molar-refractivity contribution in [2.24, 2.45) is 0 Å². The largest absolute Gasteiger partial charge is 0.456 e. The van der Waals surface area contributed by atoms with Gasteiger partial charge in [0.2, 0.25) is 0 Å². The summed E-state index contributed by atoms with van der Waals surface area (Å²) in [6.07, 6.45) is 4.85. The predicted octanol–water partition coefficient (Wildman–Crippen LogP) is 2.70. The second-order valence-electron chi connectivity index (χ2n) is 5.06. The van der Waals surface area contributed by atoms with Gasteiger partial charge in [0.1, 0.15) is 5.76 Å². The number of carbonyl (C=O) groups excluding carboxylic acids is 1. The Labute approximate surface area is 121 Å². The van der Waals surface area contributed by atoms with E-state index in [4.69, 9.17) is 4.42 Å². The molecule has 0 saturated carbocycles. The molecular weight excluding hydrogens is 252 g/mol. The van der Waals surface area contributed by atoms with Crippen LogP contribution in [0.2, 0.25) is 0 Å². The fourth-order valence-corrected chi connectivity index (χ4v) is 2.49. The van der Waals surface area contributed by atoms with Crippen molar-refractivity contribution in [3.8, 4) is 0 Å². The third-order valence-corrected chi connectivity index (χ3v) is 3.82. The van der Waals surface area contributed by atoms with Crippen molar-refractivity contribution in [3.63, 3.8) is 0 Å². The maximum absolute atomic E-state index is 12.3. The van der Waals surface area contributed by atoms with Gasteiger partial charge in [0.05, 0.1) is 0 Å². The Morgan fingerprint density at radius 2 is 1.90 bits per heavy atom. The number of hydrogen-bond acceptors (Lipinski definition) is 3. The van der Waals surface area contributed by atoms with Crippen LogP contribution < -0.4 is 0 Å². The van der Waals surface area contributed by atoms with Crippen LogP contribution in [0.25, 0.3) is 0 Å². The highest BCUT2D eigenvalue weighted by Crippen LogP contribution is 2.20. The van der Waals surface area contributed by atoms with Crippen molar-refractivity contribution in [2.45, 2.75) is 33.7 Å². The van der Waals surface area contributed by atoms with Crippen LogP contribution in [-0.4, -0.2) is 41.9 Å². The van der Waals surface area contributed by atoms with E-state index in [2.05, 4.69) is 25.7 Å². The van der Waals surface area contributed by atoms with E-state index in [0.717, 1.165) is 37.4 Å². The van der Waals surface area contributed by atoms with Crippen molar-refractivity contribution in [2.75, 3.05) is 26.2 Å². The molecule has 4 heteroatoms. The van der Waals surface area contributed by atoms with E-state index in [1.165, 1.54) is 0 Å². The van der Waals surface area contributed by atoms with Gasteiger partial charge in [0.15, 0.2) is 5.76 Å². The Hall–Kier alpha value is -1.55.